The summed E-state index contributed by atoms with van der Waals surface area (Å²) < 4.78 is 18.0. The van der Waals surface area contributed by atoms with Crippen LogP contribution in [0.15, 0.2) is 48.5 Å². The van der Waals surface area contributed by atoms with E-state index in [1.807, 2.05) is 43.3 Å². The maximum absolute atomic E-state index is 12.4. The predicted molar refractivity (Wildman–Crippen MR) is 80.4 cm³/mol. The van der Waals surface area contributed by atoms with Crippen molar-refractivity contribution < 1.29 is 9.09 Å². The summed E-state index contributed by atoms with van der Waals surface area (Å²) in [6.45, 7) is 3.45. The van der Waals surface area contributed by atoms with Gasteiger partial charge in [0.05, 0.1) is 5.02 Å². The van der Waals surface area contributed by atoms with Crippen LogP contribution in [0.5, 0.6) is 5.75 Å². The third-order valence-corrected chi connectivity index (χ3v) is 3.99. The van der Waals surface area contributed by atoms with Gasteiger partial charge in [-0.2, -0.15) is 0 Å². The summed E-state index contributed by atoms with van der Waals surface area (Å²) in [6.07, 6.45) is 0. The minimum absolute atomic E-state index is 0.427. The Balaban J connectivity index is 2.17. The van der Waals surface area contributed by atoms with Gasteiger partial charge >= 0.3 is 7.52 Å². The summed E-state index contributed by atoms with van der Waals surface area (Å²) in [4.78, 5) is 0. The van der Waals surface area contributed by atoms with Gasteiger partial charge in [-0.15, -0.1) is 0 Å². The highest BCUT2D eigenvalue weighted by Gasteiger charge is 2.18. The van der Waals surface area contributed by atoms with Crippen molar-refractivity contribution >= 4 is 24.8 Å². The van der Waals surface area contributed by atoms with Gasteiger partial charge in [-0.05, 0) is 36.8 Å². The van der Waals surface area contributed by atoms with E-state index in [4.69, 9.17) is 16.1 Å². The zero-order chi connectivity index (χ0) is 13.9. The number of nitrogens with one attached hydrogen (secondary N) is 1. The lowest BCUT2D eigenvalue weighted by atomic mass is 10.2. The molecule has 2 rings (SSSR count). The smallest absolute Gasteiger partial charge is 0.338 e. The second kappa shape index (κ2) is 5.68. The summed E-state index contributed by atoms with van der Waals surface area (Å²) in [6, 6.07) is 14.7. The molecule has 1 N–H and O–H groups in total. The summed E-state index contributed by atoms with van der Waals surface area (Å²) >= 11 is 6.03. The van der Waals surface area contributed by atoms with E-state index in [0.29, 0.717) is 10.8 Å². The van der Waals surface area contributed by atoms with Crippen LogP contribution in [0.25, 0.3) is 0 Å². The van der Waals surface area contributed by atoms with E-state index < -0.39 is 7.52 Å². The van der Waals surface area contributed by atoms with Crippen LogP contribution in [0.3, 0.4) is 0 Å². The monoisotopic (exact) mass is 295 g/mol. The highest BCUT2D eigenvalue weighted by atomic mass is 35.5. The number of aryl methyl sites for hydroxylation is 1. The van der Waals surface area contributed by atoms with Crippen LogP contribution in [0, 0.1) is 6.92 Å². The molecular formula is C14H15ClNO2P. The molecule has 0 aromatic heterocycles. The van der Waals surface area contributed by atoms with E-state index in [9.17, 15) is 4.57 Å². The third kappa shape index (κ3) is 4.02. The first kappa shape index (κ1) is 14.0. The van der Waals surface area contributed by atoms with Crippen LogP contribution in [0.1, 0.15) is 5.56 Å². The Bertz CT molecular complexity index is 616. The molecular weight excluding hydrogens is 281 g/mol. The molecule has 19 heavy (non-hydrogen) atoms. The van der Waals surface area contributed by atoms with Gasteiger partial charge in [0.15, 0.2) is 0 Å². The van der Waals surface area contributed by atoms with Gasteiger partial charge in [-0.25, -0.2) is 0 Å². The number of rotatable bonds is 4. The number of halogens is 1. The molecule has 100 valence electrons. The molecule has 0 radical (unpaired) electrons. The Morgan fingerprint density at radius 1 is 1.16 bits per heavy atom. The molecule has 0 saturated carbocycles. The van der Waals surface area contributed by atoms with Crippen LogP contribution in [-0.4, -0.2) is 6.66 Å². The number of anilines is 1. The molecule has 1 atom stereocenters. The lowest BCUT2D eigenvalue weighted by Crippen LogP contribution is -2.02. The first-order chi connectivity index (χ1) is 8.96. The van der Waals surface area contributed by atoms with Gasteiger partial charge in [0.25, 0.3) is 0 Å². The second-order valence-electron chi connectivity index (χ2n) is 4.35. The average Bonchev–Trinajstić information content (AvgIpc) is 2.34. The molecule has 1 unspecified atom stereocenters. The van der Waals surface area contributed by atoms with Crippen LogP contribution < -0.4 is 9.61 Å². The summed E-state index contributed by atoms with van der Waals surface area (Å²) in [5.74, 6) is 0.427. The summed E-state index contributed by atoms with van der Waals surface area (Å²) in [7, 11) is -3.02. The lowest BCUT2D eigenvalue weighted by Gasteiger charge is -2.18. The van der Waals surface area contributed by atoms with Gasteiger partial charge in [0.1, 0.15) is 5.75 Å². The first-order valence-electron chi connectivity index (χ1n) is 5.83. The standard InChI is InChI=1S/C14H15ClNO2P/c1-11-8-9-13(15)14(10-11)18-19(2,17)16-12-6-4-3-5-7-12/h3-10H,1-2H3,(H,16,17). The van der Waals surface area contributed by atoms with Gasteiger partial charge in [0, 0.05) is 12.4 Å². The van der Waals surface area contributed by atoms with Crippen molar-refractivity contribution in [1.29, 1.82) is 0 Å². The van der Waals surface area contributed by atoms with Gasteiger partial charge in [0.2, 0.25) is 0 Å². The van der Waals surface area contributed by atoms with Gasteiger partial charge in [-0.1, -0.05) is 35.9 Å². The zero-order valence-electron chi connectivity index (χ0n) is 10.8. The summed E-state index contributed by atoms with van der Waals surface area (Å²) in [5, 5.41) is 3.33. The van der Waals surface area contributed by atoms with E-state index in [1.54, 1.807) is 12.1 Å². The minimum atomic E-state index is -3.02. The van der Waals surface area contributed by atoms with Crippen LogP contribution in [0.2, 0.25) is 5.02 Å². The van der Waals surface area contributed by atoms with Crippen molar-refractivity contribution in [3.8, 4) is 5.75 Å². The largest absolute Gasteiger partial charge is 0.427 e. The molecule has 3 nitrogen and oxygen atoms in total. The van der Waals surface area contributed by atoms with Crippen molar-refractivity contribution in [1.82, 2.24) is 0 Å². The first-order valence-corrected chi connectivity index (χ1v) is 8.28. The molecule has 0 aliphatic heterocycles. The fraction of sp³-hybridized carbons (Fsp3) is 0.143. The van der Waals surface area contributed by atoms with Gasteiger partial charge < -0.3 is 9.61 Å². The molecule has 0 bridgehead atoms. The number of para-hydroxylation sites is 1. The Kier molecular flexibility index (Phi) is 4.18. The number of hydrogen-bond donors (Lipinski definition) is 1. The fourth-order valence-corrected chi connectivity index (χ4v) is 3.04. The molecule has 2 aromatic carbocycles. The van der Waals surface area contributed by atoms with E-state index in [0.717, 1.165) is 11.3 Å². The average molecular weight is 296 g/mol. The Morgan fingerprint density at radius 2 is 1.84 bits per heavy atom. The van der Waals surface area contributed by atoms with Crippen LogP contribution in [0.4, 0.5) is 5.69 Å². The van der Waals surface area contributed by atoms with E-state index in [2.05, 4.69) is 5.09 Å². The molecule has 0 heterocycles. The summed E-state index contributed by atoms with van der Waals surface area (Å²) in [5.41, 5.74) is 1.75. The topological polar surface area (TPSA) is 38.3 Å². The molecule has 0 aliphatic rings. The Labute approximate surface area is 118 Å². The molecule has 0 fully saturated rings. The van der Waals surface area contributed by atoms with Crippen molar-refractivity contribution in [2.24, 2.45) is 0 Å². The molecule has 0 spiro atoms. The fourth-order valence-electron chi connectivity index (χ4n) is 1.64. The molecule has 0 saturated heterocycles. The van der Waals surface area contributed by atoms with Gasteiger partial charge in [-0.3, -0.25) is 4.57 Å². The number of benzene rings is 2. The van der Waals surface area contributed by atoms with Crippen LogP contribution in [-0.2, 0) is 4.57 Å². The Hall–Kier alpha value is -1.44. The molecule has 0 amide bonds. The normalized spacial score (nSPS) is 13.6. The van der Waals surface area contributed by atoms with Crippen molar-refractivity contribution in [2.45, 2.75) is 6.92 Å². The minimum Gasteiger partial charge on any atom is -0.427 e. The highest BCUT2D eigenvalue weighted by Crippen LogP contribution is 2.45. The third-order valence-electron chi connectivity index (χ3n) is 2.47. The van der Waals surface area contributed by atoms with Crippen molar-refractivity contribution in [2.75, 3.05) is 11.8 Å². The Morgan fingerprint density at radius 3 is 2.53 bits per heavy atom. The van der Waals surface area contributed by atoms with Crippen LogP contribution >= 0.6 is 19.1 Å². The van der Waals surface area contributed by atoms with E-state index >= 15 is 0 Å². The van der Waals surface area contributed by atoms with Crippen molar-refractivity contribution in [3.05, 3.63) is 59.1 Å². The van der Waals surface area contributed by atoms with Crippen molar-refractivity contribution in [3.63, 3.8) is 0 Å². The highest BCUT2D eigenvalue weighted by molar-refractivity contribution is 7.60. The lowest BCUT2D eigenvalue weighted by molar-refractivity contribution is 0.493. The zero-order valence-corrected chi connectivity index (χ0v) is 12.4. The molecule has 5 heteroatoms. The number of hydrogen-bond acceptors (Lipinski definition) is 2. The van der Waals surface area contributed by atoms with E-state index in [-0.39, 0.29) is 0 Å². The molecule has 0 aliphatic carbocycles. The SMILES string of the molecule is Cc1ccc(Cl)c(OP(C)(=O)Nc2ccccc2)c1. The predicted octanol–water partition coefficient (Wildman–Crippen LogP) is 4.96. The second-order valence-corrected chi connectivity index (χ2v) is 6.85. The van der Waals surface area contributed by atoms with E-state index in [1.165, 1.54) is 6.66 Å². The molecule has 2 aromatic rings. The quantitative estimate of drug-likeness (QED) is 0.810. The maximum atomic E-state index is 12.4. The maximum Gasteiger partial charge on any atom is 0.338 e.